The highest BCUT2D eigenvalue weighted by Crippen LogP contribution is 2.27. The summed E-state index contributed by atoms with van der Waals surface area (Å²) in [6, 6.07) is 16.6. The van der Waals surface area contributed by atoms with Crippen LogP contribution >= 0.6 is 0 Å². The van der Waals surface area contributed by atoms with E-state index in [4.69, 9.17) is 7.74 Å². The molecule has 0 amide bonds. The molecule has 0 aliphatic carbocycles. The molecular weight excluding hydrogens is 180 g/mol. The maximum atomic E-state index is 5.66. The fourth-order valence-electron chi connectivity index (χ4n) is 2.11. The minimum atomic E-state index is 1.15. The molecule has 3 aromatic rings. The SMILES string of the molecule is [B][B]n1c2ccccc2c2ccccc21. The van der Waals surface area contributed by atoms with E-state index < -0.39 is 0 Å². The Balaban J connectivity index is 2.62. The van der Waals surface area contributed by atoms with Crippen molar-refractivity contribution in [2.45, 2.75) is 0 Å². The molecule has 0 N–H and O–H groups in total. The Bertz CT molecular complexity index is 574. The average molecular weight is 188 g/mol. The van der Waals surface area contributed by atoms with Crippen LogP contribution in [0.15, 0.2) is 48.5 Å². The lowest BCUT2D eigenvalue weighted by molar-refractivity contribution is 1.38. The van der Waals surface area contributed by atoms with Gasteiger partial charge in [0, 0.05) is 29.5 Å². The zero-order valence-corrected chi connectivity index (χ0v) is 8.22. The number of hydrogen-bond donors (Lipinski definition) is 0. The Labute approximate surface area is 90.4 Å². The van der Waals surface area contributed by atoms with Crippen LogP contribution in [0.4, 0.5) is 0 Å². The van der Waals surface area contributed by atoms with E-state index in [1.807, 2.05) is 16.6 Å². The summed E-state index contributed by atoms with van der Waals surface area (Å²) in [5, 5.41) is 2.49. The average Bonchev–Trinajstić information content (AvgIpc) is 2.63. The quantitative estimate of drug-likeness (QED) is 0.516. The van der Waals surface area contributed by atoms with Crippen molar-refractivity contribution in [2.75, 3.05) is 0 Å². The first-order valence-corrected chi connectivity index (χ1v) is 4.94. The third-order valence-electron chi connectivity index (χ3n) is 2.77. The molecule has 0 aliphatic heterocycles. The van der Waals surface area contributed by atoms with E-state index in [0.717, 1.165) is 11.0 Å². The highest BCUT2D eigenvalue weighted by Gasteiger charge is 2.06. The summed E-state index contributed by atoms with van der Waals surface area (Å²) in [5.74, 6) is 0. The zero-order chi connectivity index (χ0) is 10.3. The van der Waals surface area contributed by atoms with Gasteiger partial charge in [-0.05, 0) is 12.1 Å². The van der Waals surface area contributed by atoms with Crippen LogP contribution < -0.4 is 0 Å². The second-order valence-corrected chi connectivity index (χ2v) is 3.55. The number of nitrogens with zero attached hydrogens (tertiary/aromatic N) is 1. The van der Waals surface area contributed by atoms with Crippen LogP contribution in [0.2, 0.25) is 0 Å². The molecule has 3 radical (unpaired) electrons. The molecule has 15 heavy (non-hydrogen) atoms. The van der Waals surface area contributed by atoms with Crippen LogP contribution in [0.5, 0.6) is 0 Å². The molecule has 2 aromatic carbocycles. The van der Waals surface area contributed by atoms with Crippen LogP contribution in [0.1, 0.15) is 0 Å². The summed E-state index contributed by atoms with van der Waals surface area (Å²) >= 11 is 0. The Kier molecular flexibility index (Phi) is 1.84. The van der Waals surface area contributed by atoms with Gasteiger partial charge >= 0.3 is 0 Å². The Morgan fingerprint density at radius 2 is 1.27 bits per heavy atom. The molecule has 0 bridgehead atoms. The van der Waals surface area contributed by atoms with Crippen LogP contribution in [0.3, 0.4) is 0 Å². The number of fused-ring (bicyclic) bond motifs is 3. The van der Waals surface area contributed by atoms with Gasteiger partial charge in [0.25, 0.3) is 0 Å². The molecule has 0 atom stereocenters. The van der Waals surface area contributed by atoms with Crippen molar-refractivity contribution in [2.24, 2.45) is 0 Å². The van der Waals surface area contributed by atoms with Gasteiger partial charge in [0.2, 0.25) is 0 Å². The van der Waals surface area contributed by atoms with Gasteiger partial charge in [0.05, 0.1) is 0 Å². The first kappa shape index (κ1) is 8.66. The van der Waals surface area contributed by atoms with Gasteiger partial charge in [-0.3, -0.25) is 0 Å². The highest BCUT2D eigenvalue weighted by molar-refractivity contribution is 6.89. The van der Waals surface area contributed by atoms with Crippen molar-refractivity contribution in [1.82, 2.24) is 4.48 Å². The Hall–Kier alpha value is -1.63. The third kappa shape index (κ3) is 1.13. The van der Waals surface area contributed by atoms with E-state index in [0.29, 0.717) is 0 Å². The van der Waals surface area contributed by atoms with Crippen molar-refractivity contribution in [3.63, 3.8) is 0 Å². The van der Waals surface area contributed by atoms with Gasteiger partial charge in [-0.2, -0.15) is 0 Å². The minimum Gasteiger partial charge on any atom is -0.401 e. The second-order valence-electron chi connectivity index (χ2n) is 3.55. The standard InChI is InChI=1S/C12H8B2N/c13-14-15-11-7-3-1-5-9(11)10-6-2-4-8-12(10)15/h1-8H. The number of rotatable bonds is 1. The number of hydrogen-bond acceptors (Lipinski definition) is 0. The van der Waals surface area contributed by atoms with E-state index in [-0.39, 0.29) is 0 Å². The molecule has 0 unspecified atom stereocenters. The number of para-hydroxylation sites is 2. The molecule has 0 saturated heterocycles. The molecule has 1 aromatic heterocycles. The van der Waals surface area contributed by atoms with Gasteiger partial charge in [0.1, 0.15) is 0 Å². The Morgan fingerprint density at radius 1 is 0.800 bits per heavy atom. The van der Waals surface area contributed by atoms with E-state index in [9.17, 15) is 0 Å². The molecule has 1 nitrogen and oxygen atoms in total. The highest BCUT2D eigenvalue weighted by atomic mass is 14.9. The van der Waals surface area contributed by atoms with E-state index in [1.54, 1.807) is 7.31 Å². The lowest BCUT2D eigenvalue weighted by Crippen LogP contribution is -2.04. The van der Waals surface area contributed by atoms with Crippen LogP contribution in [0.25, 0.3) is 21.8 Å². The molecule has 0 aliphatic rings. The largest absolute Gasteiger partial charge is 0.401 e. The van der Waals surface area contributed by atoms with Crippen molar-refractivity contribution < 1.29 is 0 Å². The van der Waals surface area contributed by atoms with Gasteiger partial charge < -0.3 is 4.48 Å². The van der Waals surface area contributed by atoms with Crippen LogP contribution in [0, 0.1) is 0 Å². The lowest BCUT2D eigenvalue weighted by Gasteiger charge is -2.01. The topological polar surface area (TPSA) is 4.93 Å². The smallest absolute Gasteiger partial charge is 0.191 e. The molecule has 0 spiro atoms. The van der Waals surface area contributed by atoms with Crippen molar-refractivity contribution in [1.29, 1.82) is 0 Å². The number of aromatic nitrogens is 1. The molecule has 3 heteroatoms. The van der Waals surface area contributed by atoms with Gasteiger partial charge in [-0.15, -0.1) is 0 Å². The fourth-order valence-corrected chi connectivity index (χ4v) is 2.11. The third-order valence-corrected chi connectivity index (χ3v) is 2.77. The van der Waals surface area contributed by atoms with Crippen molar-refractivity contribution in [3.05, 3.63) is 48.5 Å². The molecular formula is C12H8B2N. The summed E-state index contributed by atoms with van der Waals surface area (Å²) in [7, 11) is 7.28. The van der Waals surface area contributed by atoms with E-state index in [2.05, 4.69) is 36.4 Å². The maximum Gasteiger partial charge on any atom is 0.191 e. The second kappa shape index (κ2) is 3.20. The summed E-state index contributed by atoms with van der Waals surface area (Å²) < 4.78 is 2.02. The predicted octanol–water partition coefficient (Wildman–Crippen LogP) is 2.35. The zero-order valence-electron chi connectivity index (χ0n) is 8.22. The summed E-state index contributed by atoms with van der Waals surface area (Å²) in [4.78, 5) is 0. The van der Waals surface area contributed by atoms with E-state index in [1.165, 1.54) is 10.8 Å². The van der Waals surface area contributed by atoms with Crippen LogP contribution in [-0.4, -0.2) is 19.5 Å². The van der Waals surface area contributed by atoms with Crippen molar-refractivity contribution >= 4 is 36.8 Å². The Morgan fingerprint density at radius 3 is 1.73 bits per heavy atom. The molecule has 67 valence electrons. The fraction of sp³-hybridized carbons (Fsp3) is 0. The minimum absolute atomic E-state index is 1.15. The molecule has 1 heterocycles. The first-order chi connectivity index (χ1) is 7.42. The normalized spacial score (nSPS) is 10.9. The maximum absolute atomic E-state index is 5.66. The number of benzene rings is 2. The van der Waals surface area contributed by atoms with E-state index >= 15 is 0 Å². The molecule has 0 saturated carbocycles. The first-order valence-electron chi connectivity index (χ1n) is 4.94. The molecule has 0 fully saturated rings. The van der Waals surface area contributed by atoms with Gasteiger partial charge in [-0.25, -0.2) is 0 Å². The summed E-state index contributed by atoms with van der Waals surface area (Å²) in [5.41, 5.74) is 2.31. The van der Waals surface area contributed by atoms with Crippen molar-refractivity contribution in [3.8, 4) is 0 Å². The van der Waals surface area contributed by atoms with Crippen LogP contribution in [-0.2, 0) is 0 Å². The predicted molar refractivity (Wildman–Crippen MR) is 66.4 cm³/mol. The lowest BCUT2D eigenvalue weighted by atomic mass is 9.66. The summed E-state index contributed by atoms with van der Waals surface area (Å²) in [6.45, 7) is 0. The van der Waals surface area contributed by atoms with Gasteiger partial charge in [-0.1, -0.05) is 36.4 Å². The molecule has 3 rings (SSSR count). The van der Waals surface area contributed by atoms with Gasteiger partial charge in [0.15, 0.2) is 7.31 Å². The summed E-state index contributed by atoms with van der Waals surface area (Å²) in [6.07, 6.45) is 0. The monoisotopic (exact) mass is 188 g/mol.